The fourth-order valence-corrected chi connectivity index (χ4v) is 12.5. The Balaban J connectivity index is 0.000000291. The number of cyclic esters (lactones) is 2. The third kappa shape index (κ3) is 19.6. The molecule has 28 nitrogen and oxygen atoms in total. The highest BCUT2D eigenvalue weighted by Gasteiger charge is 2.46. The summed E-state index contributed by atoms with van der Waals surface area (Å²) >= 11 is 0. The number of carbonyl (C=O) groups excluding carboxylic acids is 12. The normalized spacial score (nSPS) is 26.3. The molecule has 2 bridgehead atoms. The maximum Gasteiger partial charge on any atom is 0.355 e. The predicted molar refractivity (Wildman–Crippen MR) is 366 cm³/mol. The highest BCUT2D eigenvalue weighted by Crippen LogP contribution is 2.29. The number of nitrogens with zero attached hydrogens (tertiary/aromatic N) is 7. The molecule has 8 amide bonds. The minimum atomic E-state index is -1.68. The summed E-state index contributed by atoms with van der Waals surface area (Å²) in [5.74, 6) is -8.40. The van der Waals surface area contributed by atoms with Gasteiger partial charge in [-0.2, -0.15) is 0 Å². The third-order valence-electron chi connectivity index (χ3n) is 18.0. The number of piperidine rings is 1. The SMILES string of the molecule is CC1=C\[C@@H](O)CC(=O)Cc2nc(co2)C(=O)N2CCC=C2C(=O)O[C@H](C(C)C)[C@H](C)/C=C/C(=O)NC\C=C\1.CC[C@H]1NC(=O)[C@@H](NC(=O)c2ncccc2O)[C@@H](C)OC(=O)[C@@H](c2ccccc2)NC(=O)[C@@H]2CC(=O)CCN2C(=O)[C@@H](Cc2ccc(N(C)C)cc2)N(C)C(=O)[C@@H]2CCCN2C1=O. The van der Waals surface area contributed by atoms with E-state index in [1.54, 1.807) is 74.6 Å². The van der Waals surface area contributed by atoms with E-state index in [-0.39, 0.29) is 123 Å². The van der Waals surface area contributed by atoms with E-state index in [0.717, 1.165) is 17.5 Å². The van der Waals surface area contributed by atoms with Gasteiger partial charge in [0.05, 0.1) is 12.5 Å². The Morgan fingerprint density at radius 2 is 1.54 bits per heavy atom. The number of anilines is 1. The summed E-state index contributed by atoms with van der Waals surface area (Å²) in [6.45, 7) is 11.0. The number of amides is 8. The van der Waals surface area contributed by atoms with Crippen LogP contribution in [0, 0.1) is 11.8 Å². The van der Waals surface area contributed by atoms with Crippen LogP contribution in [0.1, 0.15) is 131 Å². The molecule has 0 radical (unpaired) electrons. The van der Waals surface area contributed by atoms with Crippen LogP contribution in [-0.4, -0.2) is 206 Å². The van der Waals surface area contributed by atoms with Gasteiger partial charge in [-0.15, -0.1) is 0 Å². The largest absolute Gasteiger partial charge is 0.505 e. The van der Waals surface area contributed by atoms with Crippen molar-refractivity contribution in [1.82, 2.24) is 50.8 Å². The molecular formula is C73H89N11O17. The number of aliphatic hydroxyl groups excluding tert-OH is 1. The van der Waals surface area contributed by atoms with Crippen LogP contribution in [-0.2, 0) is 70.3 Å². The zero-order valence-electron chi connectivity index (χ0n) is 58.2. The maximum absolute atomic E-state index is 15.0. The summed E-state index contributed by atoms with van der Waals surface area (Å²) in [5, 5.41) is 31.2. The van der Waals surface area contributed by atoms with Crippen LogP contribution < -0.4 is 26.2 Å². The number of aromatic hydroxyl groups is 1. The van der Waals surface area contributed by atoms with Gasteiger partial charge in [0.1, 0.15) is 71.7 Å². The topological polar surface area (TPSA) is 367 Å². The second-order valence-corrected chi connectivity index (χ2v) is 26.1. The summed E-state index contributed by atoms with van der Waals surface area (Å²) in [6.07, 6.45) is 9.66. The molecule has 9 rings (SSSR count). The highest BCUT2D eigenvalue weighted by molar-refractivity contribution is 6.02. The van der Waals surface area contributed by atoms with E-state index in [0.29, 0.717) is 18.4 Å². The average Bonchev–Trinajstić information content (AvgIpc) is 1.79. The van der Waals surface area contributed by atoms with Crippen molar-refractivity contribution in [3.8, 4) is 5.75 Å². The van der Waals surface area contributed by atoms with E-state index >= 15 is 0 Å². The Kier molecular flexibility index (Phi) is 26.3. The number of hydrogen-bond acceptors (Lipinski definition) is 20. The quantitative estimate of drug-likeness (QED) is 0.136. The monoisotopic (exact) mass is 1390 g/mol. The van der Waals surface area contributed by atoms with Crippen molar-refractivity contribution in [3.63, 3.8) is 0 Å². The molecule has 5 aliphatic heterocycles. The number of esters is 2. The Morgan fingerprint density at radius 1 is 0.822 bits per heavy atom. The number of nitrogens with one attached hydrogen (secondary N) is 4. The summed E-state index contributed by atoms with van der Waals surface area (Å²) in [5.41, 5.74) is 2.26. The van der Waals surface area contributed by atoms with Crippen LogP contribution in [0.5, 0.6) is 5.75 Å². The smallest absolute Gasteiger partial charge is 0.355 e. The zero-order chi connectivity index (χ0) is 73.4. The van der Waals surface area contributed by atoms with Gasteiger partial charge in [0.25, 0.3) is 11.8 Å². The number of allylic oxidation sites excluding steroid dienone is 2. The van der Waals surface area contributed by atoms with Gasteiger partial charge < -0.3 is 69.9 Å². The van der Waals surface area contributed by atoms with Crippen LogP contribution in [0.4, 0.5) is 5.69 Å². The Hall–Kier alpha value is -10.6. The molecule has 6 N–H and O–H groups in total. The number of pyridine rings is 1. The van der Waals surface area contributed by atoms with Gasteiger partial charge in [-0.25, -0.2) is 19.6 Å². The number of rotatable bonds is 8. The molecule has 10 atom stereocenters. The van der Waals surface area contributed by atoms with Crippen LogP contribution >= 0.6 is 0 Å². The van der Waals surface area contributed by atoms with E-state index in [2.05, 4.69) is 31.2 Å². The number of ether oxygens (including phenoxy) is 2. The summed E-state index contributed by atoms with van der Waals surface area (Å²) in [6, 6.07) is 10.1. The fourth-order valence-electron chi connectivity index (χ4n) is 12.5. The van der Waals surface area contributed by atoms with Gasteiger partial charge >= 0.3 is 11.9 Å². The first-order valence-electron chi connectivity index (χ1n) is 33.8. The predicted octanol–water partition coefficient (Wildman–Crippen LogP) is 3.93. The van der Waals surface area contributed by atoms with Gasteiger partial charge in [-0.3, -0.25) is 47.9 Å². The van der Waals surface area contributed by atoms with Crippen LogP contribution in [0.15, 0.2) is 131 Å². The number of aliphatic hydroxyl groups is 1. The van der Waals surface area contributed by atoms with E-state index in [1.165, 1.54) is 58.0 Å². The molecule has 3 saturated heterocycles. The van der Waals surface area contributed by atoms with Crippen molar-refractivity contribution in [3.05, 3.63) is 155 Å². The summed E-state index contributed by atoms with van der Waals surface area (Å²) in [4.78, 5) is 180. The molecule has 2 aromatic carbocycles. The molecular weight excluding hydrogens is 1300 g/mol. The standard InChI is InChI=1S/C45H54N8O10.C28H35N3O7/c1-6-31-42(59)52-22-11-14-32(52)43(60)51(5)34(24-27-16-18-29(19-17-27)50(3)4)44(61)53-23-20-30(54)25-33(53)39(56)49-37(28-12-8-7-9-13-28)45(62)63-26(2)36(40(57)47-31)48-41(58)38-35(55)15-10-21-46-38;1-17(2)26-19(4)9-10-24(34)29-11-5-7-18(3)13-20(32)14-21(33)15-25-30-22(16-37-25)27(35)31-12-6-8-23(31)28(36)38-26/h7-10,12-13,15-19,21,26,31-34,36-37,55H,6,11,14,20,22-25H2,1-5H3,(H,47,57)(H,48,58)(H,49,56);5,7-10,13,16-17,19-20,26,32H,6,11-12,14-15H2,1-4H3,(H,29,34)/b;7-5+,10-9+,18-13+/t26-,31-,32+,33+,34-,36+,37-;19-,20-,26-/m11/s1. The number of hydrogen-bond donors (Lipinski definition) is 6. The van der Waals surface area contributed by atoms with Crippen molar-refractivity contribution < 1.29 is 81.6 Å². The molecule has 7 heterocycles. The van der Waals surface area contributed by atoms with Crippen LogP contribution in [0.3, 0.4) is 0 Å². The first-order chi connectivity index (χ1) is 48.1. The van der Waals surface area contributed by atoms with Crippen molar-refractivity contribution in [2.75, 3.05) is 52.2 Å². The van der Waals surface area contributed by atoms with E-state index in [9.17, 15) is 67.7 Å². The lowest BCUT2D eigenvalue weighted by molar-refractivity contribution is -0.157. The number of aromatic nitrogens is 2. The lowest BCUT2D eigenvalue weighted by Crippen LogP contribution is -2.61. The summed E-state index contributed by atoms with van der Waals surface area (Å²) < 4.78 is 17.0. The van der Waals surface area contributed by atoms with Gasteiger partial charge in [-0.1, -0.05) is 106 Å². The highest BCUT2D eigenvalue weighted by atomic mass is 16.6. The molecule has 28 heteroatoms. The first-order valence-corrected chi connectivity index (χ1v) is 33.8. The second kappa shape index (κ2) is 34.9. The molecule has 0 aliphatic carbocycles. The maximum atomic E-state index is 15.0. The number of fused-ring (bicyclic) bond motifs is 5. The van der Waals surface area contributed by atoms with Gasteiger partial charge in [0.15, 0.2) is 17.4 Å². The molecule has 3 fully saturated rings. The average molecular weight is 1390 g/mol. The van der Waals surface area contributed by atoms with Gasteiger partial charge in [0, 0.05) is 90.8 Å². The Bertz CT molecular complexity index is 3860. The summed E-state index contributed by atoms with van der Waals surface area (Å²) in [7, 11) is 5.25. The molecule has 101 heavy (non-hydrogen) atoms. The van der Waals surface area contributed by atoms with Crippen LogP contribution in [0.2, 0.25) is 0 Å². The lowest BCUT2D eigenvalue weighted by atomic mass is 9.94. The number of likely N-dealkylation sites (N-methyl/N-ethyl adjacent to an activating group) is 1. The fraction of sp³-hybridized carbons (Fsp3) is 0.452. The molecule has 0 saturated carbocycles. The minimum Gasteiger partial charge on any atom is -0.505 e. The van der Waals surface area contributed by atoms with Crippen molar-refractivity contribution in [2.24, 2.45) is 11.8 Å². The minimum absolute atomic E-state index is 0.0299. The number of benzene rings is 2. The number of ketones is 2. The number of Topliss-reactive ketones (excluding diaryl/α,β-unsaturated/α-hetero) is 2. The third-order valence-corrected chi connectivity index (χ3v) is 18.0. The van der Waals surface area contributed by atoms with Crippen LogP contribution in [0.25, 0.3) is 0 Å². The second-order valence-electron chi connectivity index (χ2n) is 26.1. The Labute approximate surface area is 585 Å². The van der Waals surface area contributed by atoms with Gasteiger partial charge in [0.2, 0.25) is 41.3 Å². The van der Waals surface area contributed by atoms with E-state index < -0.39 is 119 Å². The molecule has 0 unspecified atom stereocenters. The van der Waals surface area contributed by atoms with Crippen molar-refractivity contribution >= 4 is 76.4 Å². The number of oxazole rings is 1. The molecule has 2 aromatic heterocycles. The zero-order valence-corrected chi connectivity index (χ0v) is 58.2. The molecule has 538 valence electrons. The van der Waals surface area contributed by atoms with E-state index in [1.807, 2.05) is 64.0 Å². The number of carbonyl (C=O) groups is 12. The Morgan fingerprint density at radius 3 is 2.24 bits per heavy atom. The molecule has 0 spiro atoms. The van der Waals surface area contributed by atoms with Gasteiger partial charge in [-0.05, 0) is 86.9 Å². The lowest BCUT2D eigenvalue weighted by Gasteiger charge is -2.40. The van der Waals surface area contributed by atoms with Crippen molar-refractivity contribution in [1.29, 1.82) is 0 Å². The molecule has 4 aromatic rings. The van der Waals surface area contributed by atoms with E-state index in [4.69, 9.17) is 13.9 Å². The van der Waals surface area contributed by atoms with Crippen molar-refractivity contribution in [2.45, 2.75) is 154 Å². The molecule has 5 aliphatic rings. The first kappa shape index (κ1) is 76.1.